The van der Waals surface area contributed by atoms with Gasteiger partial charge in [0, 0.05) is 24.9 Å². The number of allylic oxidation sites excluding steroid dienone is 1. The van der Waals surface area contributed by atoms with Gasteiger partial charge in [-0.3, -0.25) is 0 Å². The molecule has 0 aromatic rings. The van der Waals surface area contributed by atoms with Gasteiger partial charge in [0.05, 0.1) is 38.6 Å². The van der Waals surface area contributed by atoms with E-state index in [0.717, 1.165) is 44.9 Å². The van der Waals surface area contributed by atoms with Crippen LogP contribution in [0.4, 0.5) is 0 Å². The summed E-state index contributed by atoms with van der Waals surface area (Å²) in [7, 11) is 0. The predicted octanol–water partition coefficient (Wildman–Crippen LogP) is -1.84. The van der Waals surface area contributed by atoms with Crippen LogP contribution in [0, 0.1) is 46.3 Å². The Balaban J connectivity index is 0.845. The molecule has 9 aliphatic rings. The third kappa shape index (κ3) is 7.87. The standard InChI is InChI=1S/C45H72O19/c1-19-30-26(64-45(19)11-6-20(14-46)18-57-45)13-25-23-5-4-21-12-22(7-9-43(21,2)24(23)8-10-44(25,30)3)58-40-37(56)35(54)38(29(17-49)61-40)62-42-39(34(53)32(51)28(16-48)60-42)63-41-36(55)33(52)31(50)27(15-47)59-41/h4,19-20,22-42,46-56H,5-18H2,1-3H3/t19-,20-,22-,23+,24+,25-,26-,27-,28-,29-,30-,31+,32+,33-,34-,35+,36-,37-,38-,39-,40+,41-,42-,43-,44-,45+/m0/s1. The summed E-state index contributed by atoms with van der Waals surface area (Å²) in [5.41, 5.74) is 1.45. The van der Waals surface area contributed by atoms with Crippen molar-refractivity contribution in [1.82, 2.24) is 0 Å². The van der Waals surface area contributed by atoms with Gasteiger partial charge in [0.25, 0.3) is 0 Å². The van der Waals surface area contributed by atoms with Gasteiger partial charge in [0.2, 0.25) is 0 Å². The Bertz CT molecular complexity index is 1640. The van der Waals surface area contributed by atoms with Crippen molar-refractivity contribution in [1.29, 1.82) is 0 Å². The summed E-state index contributed by atoms with van der Waals surface area (Å²) in [6, 6.07) is 0. The molecule has 19 heteroatoms. The van der Waals surface area contributed by atoms with Crippen LogP contribution in [0.15, 0.2) is 11.6 Å². The van der Waals surface area contributed by atoms with E-state index in [-0.39, 0.29) is 41.5 Å². The SMILES string of the molecule is C[C@H]1[C@H]2[C@H](C[C@H]3[C@@H]4CC=C5C[C@@H](O[C@@H]6O[C@@H](CO)[C@H](O[C@@H]7O[C@@H](CO)[C@@H](O)[C@H](O)[C@@H]7O[C@@H]7O[C@@H](CO)[C@@H](O)[C@H](O)[C@@H]7O)[C@H](O)[C@@H]6O)CC[C@]5(C)[C@@H]4CC[C@]23C)O[C@]12CC[C@@H](CO)CO2. The molecule has 11 N–H and O–H groups in total. The largest absolute Gasteiger partial charge is 0.396 e. The summed E-state index contributed by atoms with van der Waals surface area (Å²) in [6.45, 7) is 5.64. The minimum Gasteiger partial charge on any atom is -0.396 e. The highest BCUT2D eigenvalue weighted by molar-refractivity contribution is 5.26. The van der Waals surface area contributed by atoms with E-state index < -0.39 is 118 Å². The number of ether oxygens (including phenoxy) is 8. The predicted molar refractivity (Wildman–Crippen MR) is 217 cm³/mol. The second-order valence-corrected chi connectivity index (χ2v) is 21.0. The quantitative estimate of drug-likeness (QED) is 0.107. The zero-order valence-electron chi connectivity index (χ0n) is 36.9. The van der Waals surface area contributed by atoms with Crippen LogP contribution in [0.5, 0.6) is 0 Å². The molecular formula is C45H72O19. The Kier molecular flexibility index (Phi) is 13.8. The van der Waals surface area contributed by atoms with Gasteiger partial charge in [-0.1, -0.05) is 32.4 Å². The first-order valence-corrected chi connectivity index (χ1v) is 23.7. The molecule has 3 saturated carbocycles. The summed E-state index contributed by atoms with van der Waals surface area (Å²) in [6.07, 6.45) is -14.4. The van der Waals surface area contributed by atoms with Crippen molar-refractivity contribution >= 4 is 0 Å². The van der Waals surface area contributed by atoms with Crippen LogP contribution in [0.1, 0.15) is 78.6 Å². The first-order chi connectivity index (χ1) is 30.5. The Morgan fingerprint density at radius 3 is 1.94 bits per heavy atom. The highest BCUT2D eigenvalue weighted by atomic mass is 16.8. The first kappa shape index (κ1) is 48.0. The number of hydrogen-bond acceptors (Lipinski definition) is 19. The van der Waals surface area contributed by atoms with E-state index in [4.69, 9.17) is 37.9 Å². The van der Waals surface area contributed by atoms with Crippen molar-refractivity contribution in [3.05, 3.63) is 11.6 Å². The van der Waals surface area contributed by atoms with Gasteiger partial charge >= 0.3 is 0 Å². The summed E-state index contributed by atoms with van der Waals surface area (Å²) in [5.74, 6) is 1.90. The third-order valence-electron chi connectivity index (χ3n) is 17.9. The Morgan fingerprint density at radius 2 is 1.27 bits per heavy atom. The van der Waals surface area contributed by atoms with Gasteiger partial charge in [0.1, 0.15) is 73.2 Å². The first-order valence-electron chi connectivity index (χ1n) is 23.7. The molecule has 26 atom stereocenters. The van der Waals surface area contributed by atoms with Gasteiger partial charge in [-0.2, -0.15) is 0 Å². The molecule has 0 unspecified atom stereocenters. The second-order valence-electron chi connectivity index (χ2n) is 21.0. The molecule has 9 rings (SSSR count). The van der Waals surface area contributed by atoms with Crippen LogP contribution >= 0.6 is 0 Å². The van der Waals surface area contributed by atoms with Crippen molar-refractivity contribution in [2.75, 3.05) is 33.0 Å². The minimum absolute atomic E-state index is 0.0296. The average Bonchev–Trinajstić information content (AvgIpc) is 3.74. The lowest BCUT2D eigenvalue weighted by Gasteiger charge is -2.58. The smallest absolute Gasteiger partial charge is 0.187 e. The van der Waals surface area contributed by atoms with E-state index in [9.17, 15) is 56.2 Å². The zero-order chi connectivity index (χ0) is 45.6. The fraction of sp³-hybridized carbons (Fsp3) is 0.956. The summed E-state index contributed by atoms with van der Waals surface area (Å²) < 4.78 is 48.8. The van der Waals surface area contributed by atoms with E-state index in [1.54, 1.807) is 0 Å². The summed E-state index contributed by atoms with van der Waals surface area (Å²) >= 11 is 0. The second kappa shape index (κ2) is 18.4. The number of fused-ring (bicyclic) bond motifs is 7. The van der Waals surface area contributed by atoms with Crippen molar-refractivity contribution in [2.45, 2.75) is 189 Å². The average molecular weight is 917 g/mol. The van der Waals surface area contributed by atoms with Gasteiger partial charge < -0.3 is 94.1 Å². The Hall–Kier alpha value is -1.02. The molecule has 5 heterocycles. The maximum absolute atomic E-state index is 11.5. The van der Waals surface area contributed by atoms with Crippen LogP contribution < -0.4 is 0 Å². The van der Waals surface area contributed by atoms with Crippen LogP contribution in [0.25, 0.3) is 0 Å². The highest BCUT2D eigenvalue weighted by Crippen LogP contribution is 2.70. The van der Waals surface area contributed by atoms with E-state index in [1.165, 1.54) is 5.57 Å². The Morgan fingerprint density at radius 1 is 0.641 bits per heavy atom. The van der Waals surface area contributed by atoms with E-state index in [2.05, 4.69) is 26.8 Å². The lowest BCUT2D eigenvalue weighted by atomic mass is 9.47. The number of aliphatic hydroxyl groups excluding tert-OH is 11. The van der Waals surface area contributed by atoms with Crippen LogP contribution in [-0.4, -0.2) is 199 Å². The van der Waals surface area contributed by atoms with Crippen molar-refractivity contribution in [3.8, 4) is 0 Å². The van der Waals surface area contributed by atoms with Gasteiger partial charge in [0.15, 0.2) is 24.7 Å². The van der Waals surface area contributed by atoms with Gasteiger partial charge in [-0.25, -0.2) is 0 Å². The van der Waals surface area contributed by atoms with Gasteiger partial charge in [-0.15, -0.1) is 0 Å². The van der Waals surface area contributed by atoms with E-state index >= 15 is 0 Å². The summed E-state index contributed by atoms with van der Waals surface area (Å²) in [4.78, 5) is 0. The molecule has 0 bridgehead atoms. The molecule has 0 amide bonds. The van der Waals surface area contributed by atoms with Crippen molar-refractivity contribution in [3.63, 3.8) is 0 Å². The van der Waals surface area contributed by atoms with E-state index in [0.29, 0.717) is 43.1 Å². The molecular weight excluding hydrogens is 844 g/mol. The molecule has 4 aliphatic carbocycles. The lowest BCUT2D eigenvalue weighted by molar-refractivity contribution is -0.390. The number of hydrogen-bond donors (Lipinski definition) is 11. The molecule has 366 valence electrons. The van der Waals surface area contributed by atoms with Crippen LogP contribution in [0.3, 0.4) is 0 Å². The maximum atomic E-state index is 11.5. The van der Waals surface area contributed by atoms with Crippen molar-refractivity contribution < 1.29 is 94.1 Å². The molecule has 0 radical (unpaired) electrons. The minimum atomic E-state index is -1.90. The highest BCUT2D eigenvalue weighted by Gasteiger charge is 2.69. The number of rotatable bonds is 10. The van der Waals surface area contributed by atoms with Crippen LogP contribution in [-0.2, 0) is 37.9 Å². The third-order valence-corrected chi connectivity index (χ3v) is 17.9. The van der Waals surface area contributed by atoms with Gasteiger partial charge in [-0.05, 0) is 85.9 Å². The lowest BCUT2D eigenvalue weighted by Crippen LogP contribution is -2.67. The fourth-order valence-corrected chi connectivity index (χ4v) is 14.2. The molecule has 0 aromatic carbocycles. The van der Waals surface area contributed by atoms with Crippen LogP contribution in [0.2, 0.25) is 0 Å². The monoisotopic (exact) mass is 916 g/mol. The topological polar surface area (TPSA) is 296 Å². The molecule has 19 nitrogen and oxygen atoms in total. The molecule has 5 saturated heterocycles. The van der Waals surface area contributed by atoms with E-state index in [1.807, 2.05) is 0 Å². The summed E-state index contributed by atoms with van der Waals surface area (Å²) in [5, 5.41) is 116. The molecule has 8 fully saturated rings. The zero-order valence-corrected chi connectivity index (χ0v) is 36.9. The maximum Gasteiger partial charge on any atom is 0.187 e. The molecule has 0 aromatic heterocycles. The number of aliphatic hydroxyl groups is 11. The normalized spacial score (nSPS) is 56.2. The molecule has 64 heavy (non-hydrogen) atoms. The molecule has 1 spiro atoms. The molecule has 5 aliphatic heterocycles. The fourth-order valence-electron chi connectivity index (χ4n) is 14.2. The Labute approximate surface area is 373 Å². The van der Waals surface area contributed by atoms with Crippen molar-refractivity contribution in [2.24, 2.45) is 46.3 Å².